The lowest BCUT2D eigenvalue weighted by Crippen LogP contribution is -2.33. The zero-order chi connectivity index (χ0) is 21.3. The van der Waals surface area contributed by atoms with Gasteiger partial charge in [-0.15, -0.1) is 0 Å². The quantitative estimate of drug-likeness (QED) is 0.758. The highest BCUT2D eigenvalue weighted by Gasteiger charge is 2.46. The third kappa shape index (κ3) is 4.55. The van der Waals surface area contributed by atoms with E-state index in [-0.39, 0.29) is 16.9 Å². The predicted molar refractivity (Wildman–Crippen MR) is 101 cm³/mol. The number of methoxy groups -OCH3 is 1. The Hall–Kier alpha value is -3.11. The number of carbonyl (C=O) groups is 2. The van der Waals surface area contributed by atoms with Gasteiger partial charge in [0.05, 0.1) is 18.4 Å². The molecule has 0 saturated carbocycles. The summed E-state index contributed by atoms with van der Waals surface area (Å²) in [4.78, 5) is 26.9. The number of hydrogen-bond acceptors (Lipinski definition) is 5. The first kappa shape index (κ1) is 23.2. The lowest BCUT2D eigenvalue weighted by molar-refractivity contribution is -0.381. The molecule has 1 aliphatic rings. The summed E-state index contributed by atoms with van der Waals surface area (Å²) >= 11 is 0. The zero-order valence-electron chi connectivity index (χ0n) is 16.7. The fraction of sp³-hybridized carbons (Fsp3) is 0.350. The minimum absolute atomic E-state index is 0. The number of aromatic nitrogens is 1. The number of hydrogen-bond donors (Lipinski definition) is 2. The molecule has 2 heterocycles. The van der Waals surface area contributed by atoms with Gasteiger partial charge in [0.2, 0.25) is 5.82 Å². The highest BCUT2D eigenvalue weighted by molar-refractivity contribution is 5.96. The van der Waals surface area contributed by atoms with Gasteiger partial charge in [-0.3, -0.25) is 9.59 Å². The minimum Gasteiger partial charge on any atom is -0.870 e. The Morgan fingerprint density at radius 2 is 2.00 bits per heavy atom. The van der Waals surface area contributed by atoms with Crippen LogP contribution in [-0.4, -0.2) is 36.1 Å². The molecule has 5 N–H and O–H groups in total. The fourth-order valence-electron chi connectivity index (χ4n) is 3.57. The van der Waals surface area contributed by atoms with Crippen LogP contribution < -0.4 is 20.8 Å². The molecule has 30 heavy (non-hydrogen) atoms. The Bertz CT molecular complexity index is 967. The second kappa shape index (κ2) is 8.72. The molecular formula is C20H23F2N3O5. The van der Waals surface area contributed by atoms with E-state index >= 15 is 0 Å². The van der Waals surface area contributed by atoms with Gasteiger partial charge < -0.3 is 26.0 Å². The van der Waals surface area contributed by atoms with Gasteiger partial charge in [0.25, 0.3) is 11.6 Å². The third-order valence-electron chi connectivity index (χ3n) is 4.80. The van der Waals surface area contributed by atoms with Crippen LogP contribution in [0.5, 0.6) is 5.75 Å². The normalized spacial score (nSPS) is 19.6. The van der Waals surface area contributed by atoms with Gasteiger partial charge in [0.1, 0.15) is 6.10 Å². The summed E-state index contributed by atoms with van der Waals surface area (Å²) in [5.41, 5.74) is 5.37. The number of rotatable bonds is 5. The highest BCUT2D eigenvalue weighted by Crippen LogP contribution is 2.45. The lowest BCUT2D eigenvalue weighted by atomic mass is 9.86. The van der Waals surface area contributed by atoms with Crippen LogP contribution in [0.15, 0.2) is 30.5 Å². The highest BCUT2D eigenvalue weighted by atomic mass is 19.2. The SMILES string of the molecule is COc1c([C@H]2CC(C)(C)O[C@@H]2C(=O)Nc2cc[nH+]c(C(N)=O)c2)ccc(F)c1F.[OH-]. The first-order chi connectivity index (χ1) is 13.6. The Morgan fingerprint density at radius 3 is 2.63 bits per heavy atom. The van der Waals surface area contributed by atoms with E-state index in [4.69, 9.17) is 15.2 Å². The number of pyridine rings is 1. The molecule has 8 nitrogen and oxygen atoms in total. The second-order valence-electron chi connectivity index (χ2n) is 7.44. The zero-order valence-corrected chi connectivity index (χ0v) is 16.7. The van der Waals surface area contributed by atoms with Gasteiger partial charge in [-0.2, -0.15) is 4.39 Å². The summed E-state index contributed by atoms with van der Waals surface area (Å²) in [5, 5.41) is 2.68. The Labute approximate surface area is 171 Å². The summed E-state index contributed by atoms with van der Waals surface area (Å²) in [7, 11) is 1.24. The largest absolute Gasteiger partial charge is 0.870 e. The van der Waals surface area contributed by atoms with Crippen molar-refractivity contribution in [3.8, 4) is 5.75 Å². The smallest absolute Gasteiger partial charge is 0.313 e. The van der Waals surface area contributed by atoms with E-state index in [0.717, 1.165) is 6.07 Å². The Morgan fingerprint density at radius 1 is 1.30 bits per heavy atom. The average molecular weight is 423 g/mol. The van der Waals surface area contributed by atoms with Gasteiger partial charge >= 0.3 is 5.91 Å². The summed E-state index contributed by atoms with van der Waals surface area (Å²) in [6, 6.07) is 5.35. The van der Waals surface area contributed by atoms with Crippen molar-refractivity contribution in [2.24, 2.45) is 5.73 Å². The number of aromatic amines is 1. The van der Waals surface area contributed by atoms with Crippen molar-refractivity contribution in [2.45, 2.75) is 37.9 Å². The summed E-state index contributed by atoms with van der Waals surface area (Å²) in [6.45, 7) is 3.62. The van der Waals surface area contributed by atoms with E-state index in [2.05, 4.69) is 10.3 Å². The number of carbonyl (C=O) groups excluding carboxylic acids is 2. The van der Waals surface area contributed by atoms with Gasteiger partial charge in [-0.05, 0) is 26.3 Å². The fourth-order valence-corrected chi connectivity index (χ4v) is 3.57. The molecule has 1 saturated heterocycles. The van der Waals surface area contributed by atoms with E-state index < -0.39 is 41.1 Å². The van der Waals surface area contributed by atoms with Crippen molar-refractivity contribution < 1.29 is 38.3 Å². The van der Waals surface area contributed by atoms with E-state index in [0.29, 0.717) is 17.7 Å². The molecule has 0 bridgehead atoms. The van der Waals surface area contributed by atoms with Crippen molar-refractivity contribution in [3.05, 3.63) is 53.4 Å². The molecular weight excluding hydrogens is 400 g/mol. The maximum absolute atomic E-state index is 14.2. The molecule has 3 rings (SSSR count). The van der Waals surface area contributed by atoms with Crippen LogP contribution in [0.25, 0.3) is 0 Å². The van der Waals surface area contributed by atoms with Crippen molar-refractivity contribution in [3.63, 3.8) is 0 Å². The summed E-state index contributed by atoms with van der Waals surface area (Å²) < 4.78 is 38.8. The first-order valence-electron chi connectivity index (χ1n) is 8.95. The molecule has 162 valence electrons. The van der Waals surface area contributed by atoms with Crippen LogP contribution in [-0.2, 0) is 9.53 Å². The van der Waals surface area contributed by atoms with Gasteiger partial charge in [0.15, 0.2) is 17.8 Å². The van der Waals surface area contributed by atoms with Crippen LogP contribution in [0.3, 0.4) is 0 Å². The monoisotopic (exact) mass is 423 g/mol. The van der Waals surface area contributed by atoms with Crippen LogP contribution in [0.1, 0.15) is 42.2 Å². The van der Waals surface area contributed by atoms with Crippen molar-refractivity contribution in [2.75, 3.05) is 12.4 Å². The van der Waals surface area contributed by atoms with Crippen LogP contribution in [0.4, 0.5) is 14.5 Å². The van der Waals surface area contributed by atoms with Gasteiger partial charge in [-0.1, -0.05) is 6.07 Å². The molecule has 0 radical (unpaired) electrons. The van der Waals surface area contributed by atoms with Crippen LogP contribution in [0, 0.1) is 11.6 Å². The number of primary amides is 1. The number of anilines is 1. The summed E-state index contributed by atoms with van der Waals surface area (Å²) in [5.74, 6) is -4.14. The Balaban J connectivity index is 0.00000320. The lowest BCUT2D eigenvalue weighted by Gasteiger charge is -2.21. The molecule has 0 spiro atoms. The summed E-state index contributed by atoms with van der Waals surface area (Å²) in [6.07, 6.45) is 0.872. The number of benzene rings is 1. The van der Waals surface area contributed by atoms with Crippen molar-refractivity contribution in [1.82, 2.24) is 0 Å². The number of halogens is 2. The minimum atomic E-state index is -1.11. The van der Waals surface area contributed by atoms with Crippen molar-refractivity contribution >= 4 is 17.5 Å². The predicted octanol–water partition coefficient (Wildman–Crippen LogP) is 2.00. The van der Waals surface area contributed by atoms with E-state index in [1.807, 2.05) is 13.8 Å². The molecule has 1 aliphatic heterocycles. The van der Waals surface area contributed by atoms with Crippen molar-refractivity contribution in [1.29, 1.82) is 0 Å². The van der Waals surface area contributed by atoms with Crippen LogP contribution in [0.2, 0.25) is 0 Å². The molecule has 0 aliphatic carbocycles. The van der Waals surface area contributed by atoms with Crippen LogP contribution >= 0.6 is 0 Å². The average Bonchev–Trinajstić information content (AvgIpc) is 2.99. The molecule has 2 amide bonds. The number of H-pyrrole nitrogens is 1. The molecule has 1 aromatic heterocycles. The van der Waals surface area contributed by atoms with Gasteiger partial charge in [-0.25, -0.2) is 9.37 Å². The van der Waals surface area contributed by atoms with E-state index in [1.54, 1.807) is 6.07 Å². The molecule has 2 atom stereocenters. The topological polar surface area (TPSA) is 135 Å². The molecule has 0 unspecified atom stereocenters. The number of amides is 2. The second-order valence-corrected chi connectivity index (χ2v) is 7.44. The van der Waals surface area contributed by atoms with Gasteiger partial charge in [0, 0.05) is 23.6 Å². The number of nitrogens with one attached hydrogen (secondary N) is 2. The van der Waals surface area contributed by atoms with E-state index in [9.17, 15) is 18.4 Å². The maximum Gasteiger partial charge on any atom is 0.313 e. The standard InChI is InChI=1S/C20H21F2N3O4.H2O/c1-20(2)9-12(11-4-5-13(21)15(22)16(11)28-3)17(29-20)19(27)25-10-6-7-24-14(8-10)18(23)26;/h4-8,12,17H,9H2,1-3H3,(H2,23,26)(H,24,25,27);1H2/t12-,17+;/m1./s1. The Kier molecular flexibility index (Phi) is 6.73. The molecule has 1 aromatic carbocycles. The molecule has 1 fully saturated rings. The maximum atomic E-state index is 14.2. The third-order valence-corrected chi connectivity index (χ3v) is 4.80. The van der Waals surface area contributed by atoms with E-state index in [1.165, 1.54) is 25.4 Å². The molecule has 2 aromatic rings. The first-order valence-corrected chi connectivity index (χ1v) is 8.95. The number of nitrogens with two attached hydrogens (primary N) is 1. The molecule has 10 heteroatoms. The number of ether oxygens (including phenoxy) is 2.